The Morgan fingerprint density at radius 3 is 2.74 bits per heavy atom. The van der Waals surface area contributed by atoms with E-state index in [0.717, 1.165) is 51.9 Å². The van der Waals surface area contributed by atoms with Crippen LogP contribution in [0.1, 0.15) is 25.5 Å². The number of carbonyl (C=O) groups excluding carboxylic acids is 1. The average molecular weight is 487 g/mol. The van der Waals surface area contributed by atoms with E-state index in [9.17, 15) is 4.79 Å². The van der Waals surface area contributed by atoms with Crippen molar-refractivity contribution in [3.05, 3.63) is 71.9 Å². The van der Waals surface area contributed by atoms with Crippen LogP contribution in [0.15, 0.2) is 66.2 Å². The van der Waals surface area contributed by atoms with Gasteiger partial charge in [-0.05, 0) is 63.2 Å². The summed E-state index contributed by atoms with van der Waals surface area (Å²) in [6, 6.07) is 16.7. The van der Waals surface area contributed by atoms with Crippen LogP contribution in [0.3, 0.4) is 0 Å². The predicted molar refractivity (Wildman–Crippen MR) is 146 cm³/mol. The molecule has 0 aliphatic carbocycles. The molecule has 8 heteroatoms. The van der Waals surface area contributed by atoms with E-state index in [4.69, 9.17) is 10.7 Å². The van der Waals surface area contributed by atoms with Crippen LogP contribution < -0.4 is 21.3 Å². The van der Waals surface area contributed by atoms with Crippen LogP contribution in [-0.4, -0.2) is 41.6 Å². The number of nitrogens with two attached hydrogens (primary N) is 1. The molecule has 180 valence electrons. The second kappa shape index (κ2) is 9.56. The first-order chi connectivity index (χ1) is 17.0. The van der Waals surface area contributed by atoms with Gasteiger partial charge in [-0.15, -0.1) is 11.3 Å². The predicted octanol–water partition coefficient (Wildman–Crippen LogP) is 4.81. The quantitative estimate of drug-likeness (QED) is 0.301. The van der Waals surface area contributed by atoms with Crippen LogP contribution in [0.2, 0.25) is 0 Å². The Balaban J connectivity index is 1.36. The third-order valence-corrected chi connectivity index (χ3v) is 7.84. The molecule has 2 aromatic heterocycles. The number of aromatic nitrogens is 2. The number of piperidine rings is 1. The number of likely N-dealkylation sites (N-methyl/N-ethyl adjacent to an activating group) is 1. The van der Waals surface area contributed by atoms with Crippen molar-refractivity contribution in [2.24, 2.45) is 5.73 Å². The molecule has 5 rings (SSSR count). The molecule has 4 aromatic rings. The minimum absolute atomic E-state index is 0.280. The summed E-state index contributed by atoms with van der Waals surface area (Å²) >= 11 is 1.64. The lowest BCUT2D eigenvalue weighted by molar-refractivity contribution is -0.125. The van der Waals surface area contributed by atoms with Crippen LogP contribution in [0, 0.1) is 0 Å². The van der Waals surface area contributed by atoms with Gasteiger partial charge >= 0.3 is 0 Å². The van der Waals surface area contributed by atoms with Crippen molar-refractivity contribution < 1.29 is 4.79 Å². The zero-order valence-electron chi connectivity index (χ0n) is 20.0. The van der Waals surface area contributed by atoms with Gasteiger partial charge in [0.2, 0.25) is 5.91 Å². The molecule has 0 spiro atoms. The summed E-state index contributed by atoms with van der Waals surface area (Å²) in [4.78, 5) is 22.5. The molecule has 0 saturated carbocycles. The molecule has 0 radical (unpaired) electrons. The largest absolute Gasteiger partial charge is 0.370 e. The summed E-state index contributed by atoms with van der Waals surface area (Å²) in [6.07, 6.45) is 5.35. The number of rotatable bonds is 7. The smallest absolute Gasteiger partial charge is 0.237 e. The van der Waals surface area contributed by atoms with Gasteiger partial charge in [-0.2, -0.15) is 0 Å². The fourth-order valence-corrected chi connectivity index (χ4v) is 5.57. The van der Waals surface area contributed by atoms with E-state index in [1.165, 1.54) is 5.39 Å². The van der Waals surface area contributed by atoms with Gasteiger partial charge in [-0.25, -0.2) is 4.98 Å². The third kappa shape index (κ3) is 4.42. The lowest BCUT2D eigenvalue weighted by atomic mass is 9.86. The number of para-hydroxylation sites is 2. The van der Waals surface area contributed by atoms with Gasteiger partial charge in [0.1, 0.15) is 10.5 Å². The number of allylic oxidation sites excluding steroid dienone is 1. The highest BCUT2D eigenvalue weighted by atomic mass is 32.1. The Kier molecular flexibility index (Phi) is 6.32. The monoisotopic (exact) mass is 486 g/mol. The number of carbonyl (C=O) groups is 1. The van der Waals surface area contributed by atoms with Gasteiger partial charge in [0.05, 0.1) is 22.8 Å². The Labute approximate surface area is 209 Å². The molecule has 0 bridgehead atoms. The molecule has 3 heterocycles. The van der Waals surface area contributed by atoms with Crippen LogP contribution in [0.4, 0.5) is 11.4 Å². The maximum atomic E-state index is 12.0. The number of nitrogens with one attached hydrogen (secondary N) is 3. The molecule has 1 aliphatic rings. The maximum Gasteiger partial charge on any atom is 0.237 e. The number of H-pyrrole nitrogens is 1. The molecule has 35 heavy (non-hydrogen) atoms. The van der Waals surface area contributed by atoms with Crippen molar-refractivity contribution in [2.45, 2.75) is 25.3 Å². The SMILES string of the molecule is C/C=C(\Nc1ccccc1N1CCC(NC)(C(N)=O)CC1)c1csc(-c2ccc3[nH]ccc3c2)n1. The van der Waals surface area contributed by atoms with E-state index in [1.807, 2.05) is 32.3 Å². The molecule has 5 N–H and O–H groups in total. The number of hydrogen-bond donors (Lipinski definition) is 4. The summed E-state index contributed by atoms with van der Waals surface area (Å²) in [5, 5.41) is 11.0. The number of primary amides is 1. The molecule has 7 nitrogen and oxygen atoms in total. The summed E-state index contributed by atoms with van der Waals surface area (Å²) < 4.78 is 0. The second-order valence-corrected chi connectivity index (χ2v) is 9.70. The average Bonchev–Trinajstić information content (AvgIpc) is 3.57. The van der Waals surface area contributed by atoms with Crippen LogP contribution in [0.5, 0.6) is 0 Å². The molecule has 0 unspecified atom stereocenters. The number of aromatic amines is 1. The van der Waals surface area contributed by atoms with Crippen molar-refractivity contribution in [3.63, 3.8) is 0 Å². The third-order valence-electron chi connectivity index (χ3n) is 6.95. The molecule has 0 atom stereocenters. The standard InChI is InChI=1S/C27H30N6OS/c1-3-20(23-17-35-25(32-23)19-8-9-21-18(16-19)10-13-30-21)31-22-6-4-5-7-24(22)33-14-11-27(29-2,12-15-33)26(28)34/h3-10,13,16-17,29-31H,11-12,14-15H2,1-2H3,(H2,28,34)/b20-3-. The van der Waals surface area contributed by atoms with E-state index in [1.54, 1.807) is 11.3 Å². The highest BCUT2D eigenvalue weighted by Gasteiger charge is 2.38. The Morgan fingerprint density at radius 2 is 2.00 bits per heavy atom. The fourth-order valence-electron chi connectivity index (χ4n) is 4.75. The number of benzene rings is 2. The molecular weight excluding hydrogens is 456 g/mol. The molecule has 1 fully saturated rings. The van der Waals surface area contributed by atoms with Gasteiger partial charge in [0.15, 0.2) is 0 Å². The molecule has 1 amide bonds. The van der Waals surface area contributed by atoms with Crippen molar-refractivity contribution in [2.75, 3.05) is 30.4 Å². The number of nitrogens with zero attached hydrogens (tertiary/aromatic N) is 2. The summed E-state index contributed by atoms with van der Waals surface area (Å²) in [5.74, 6) is -0.280. The lowest BCUT2D eigenvalue weighted by Crippen LogP contribution is -2.59. The van der Waals surface area contributed by atoms with Crippen LogP contribution >= 0.6 is 11.3 Å². The Hall–Kier alpha value is -3.62. The summed E-state index contributed by atoms with van der Waals surface area (Å²) in [5.41, 5.74) is 11.3. The zero-order valence-corrected chi connectivity index (χ0v) is 20.8. The van der Waals surface area contributed by atoms with Crippen molar-refractivity contribution in [1.82, 2.24) is 15.3 Å². The number of hydrogen-bond acceptors (Lipinski definition) is 6. The second-order valence-electron chi connectivity index (χ2n) is 8.85. The van der Waals surface area contributed by atoms with Gasteiger partial charge in [0, 0.05) is 41.1 Å². The van der Waals surface area contributed by atoms with Crippen molar-refractivity contribution in [1.29, 1.82) is 0 Å². The number of thiazole rings is 1. The topological polar surface area (TPSA) is 99.1 Å². The highest BCUT2D eigenvalue weighted by Crippen LogP contribution is 2.34. The van der Waals surface area contributed by atoms with E-state index < -0.39 is 5.54 Å². The first kappa shape index (κ1) is 23.1. The first-order valence-corrected chi connectivity index (χ1v) is 12.7. The lowest BCUT2D eigenvalue weighted by Gasteiger charge is -2.41. The number of amides is 1. The Bertz CT molecular complexity index is 1380. The minimum Gasteiger partial charge on any atom is -0.370 e. The van der Waals surface area contributed by atoms with Gasteiger partial charge in [-0.3, -0.25) is 4.79 Å². The van der Waals surface area contributed by atoms with E-state index in [-0.39, 0.29) is 5.91 Å². The van der Waals surface area contributed by atoms with Crippen LogP contribution in [-0.2, 0) is 4.79 Å². The molecule has 1 aliphatic heterocycles. The van der Waals surface area contributed by atoms with Crippen molar-refractivity contribution >= 4 is 45.2 Å². The Morgan fingerprint density at radius 1 is 1.20 bits per heavy atom. The minimum atomic E-state index is -0.631. The first-order valence-electron chi connectivity index (χ1n) is 11.8. The van der Waals surface area contributed by atoms with Gasteiger partial charge < -0.3 is 26.3 Å². The zero-order chi connectivity index (χ0) is 24.4. The van der Waals surface area contributed by atoms with Crippen molar-refractivity contribution in [3.8, 4) is 10.6 Å². The fraction of sp³-hybridized carbons (Fsp3) is 0.259. The molecule has 1 saturated heterocycles. The highest BCUT2D eigenvalue weighted by molar-refractivity contribution is 7.13. The van der Waals surface area contributed by atoms with Gasteiger partial charge in [-0.1, -0.05) is 18.2 Å². The molecule has 2 aromatic carbocycles. The summed E-state index contributed by atoms with van der Waals surface area (Å²) in [7, 11) is 1.81. The van der Waals surface area contributed by atoms with E-state index >= 15 is 0 Å². The maximum absolute atomic E-state index is 12.0. The molecular formula is C27H30N6OS. The summed E-state index contributed by atoms with van der Waals surface area (Å²) in [6.45, 7) is 3.51. The number of fused-ring (bicyclic) bond motifs is 1. The normalized spacial score (nSPS) is 15.9. The van der Waals surface area contributed by atoms with E-state index in [2.05, 4.69) is 68.4 Å². The van der Waals surface area contributed by atoms with Crippen LogP contribution in [0.25, 0.3) is 27.2 Å². The number of anilines is 2. The van der Waals surface area contributed by atoms with Gasteiger partial charge in [0.25, 0.3) is 0 Å². The van der Waals surface area contributed by atoms with E-state index in [0.29, 0.717) is 12.8 Å².